The van der Waals surface area contributed by atoms with Gasteiger partial charge in [-0.2, -0.15) is 0 Å². The summed E-state index contributed by atoms with van der Waals surface area (Å²) in [6.07, 6.45) is 4.13. The zero-order chi connectivity index (χ0) is 13.1. The van der Waals surface area contributed by atoms with Crippen LogP contribution in [0.4, 0.5) is 11.5 Å². The number of nitrogens with one attached hydrogen (secondary N) is 1. The van der Waals surface area contributed by atoms with Gasteiger partial charge in [-0.3, -0.25) is 0 Å². The number of nitrogens with zero attached hydrogens (tertiary/aromatic N) is 1. The summed E-state index contributed by atoms with van der Waals surface area (Å²) in [7, 11) is 1.34. The average molecular weight is 249 g/mol. The summed E-state index contributed by atoms with van der Waals surface area (Å²) < 4.78 is 4.67. The summed E-state index contributed by atoms with van der Waals surface area (Å²) in [6, 6.07) is 1.64. The molecule has 1 atom stereocenters. The Hall–Kier alpha value is -1.78. The van der Waals surface area contributed by atoms with Gasteiger partial charge in [-0.15, -0.1) is 0 Å². The third-order valence-electron chi connectivity index (χ3n) is 3.37. The van der Waals surface area contributed by atoms with E-state index in [4.69, 9.17) is 5.73 Å². The molecule has 0 radical (unpaired) electrons. The Morgan fingerprint density at radius 2 is 2.39 bits per heavy atom. The molecule has 0 amide bonds. The number of pyridine rings is 1. The third-order valence-corrected chi connectivity index (χ3v) is 3.37. The van der Waals surface area contributed by atoms with Crippen LogP contribution in [-0.2, 0) is 4.74 Å². The lowest BCUT2D eigenvalue weighted by Crippen LogP contribution is -2.15. The Balaban J connectivity index is 2.01. The first-order valence-corrected chi connectivity index (χ1v) is 6.19. The lowest BCUT2D eigenvalue weighted by Gasteiger charge is -2.13. The molecule has 3 N–H and O–H groups in total. The van der Waals surface area contributed by atoms with Crippen molar-refractivity contribution in [3.63, 3.8) is 0 Å². The number of nitrogen functional groups attached to an aromatic ring is 1. The fourth-order valence-corrected chi connectivity index (χ4v) is 1.95. The summed E-state index contributed by atoms with van der Waals surface area (Å²) in [6.45, 7) is 3.09. The molecule has 1 aliphatic rings. The second kappa shape index (κ2) is 5.25. The van der Waals surface area contributed by atoms with Crippen molar-refractivity contribution in [2.45, 2.75) is 19.8 Å². The highest BCUT2D eigenvalue weighted by atomic mass is 16.5. The Labute approximate surface area is 107 Å². The van der Waals surface area contributed by atoms with E-state index in [-0.39, 0.29) is 0 Å². The van der Waals surface area contributed by atoms with E-state index in [1.807, 2.05) is 0 Å². The molecule has 1 saturated carbocycles. The van der Waals surface area contributed by atoms with Crippen molar-refractivity contribution < 1.29 is 9.53 Å². The molecule has 5 heteroatoms. The summed E-state index contributed by atoms with van der Waals surface area (Å²) >= 11 is 0. The zero-order valence-electron chi connectivity index (χ0n) is 10.8. The number of hydrogen-bond donors (Lipinski definition) is 2. The SMILES string of the molecule is COC(=O)c1cc(NCC(C)C2CC2)ncc1N. The minimum Gasteiger partial charge on any atom is -0.465 e. The van der Waals surface area contributed by atoms with E-state index in [0.717, 1.165) is 12.5 Å². The van der Waals surface area contributed by atoms with Gasteiger partial charge in [0.05, 0.1) is 24.6 Å². The first kappa shape index (κ1) is 12.7. The molecule has 0 spiro atoms. The minimum absolute atomic E-state index is 0.336. The van der Waals surface area contributed by atoms with Crippen LogP contribution in [0.1, 0.15) is 30.1 Å². The number of anilines is 2. The molecule has 0 aromatic carbocycles. The maximum absolute atomic E-state index is 11.5. The zero-order valence-corrected chi connectivity index (χ0v) is 10.8. The van der Waals surface area contributed by atoms with Gasteiger partial charge in [-0.1, -0.05) is 6.92 Å². The Bertz CT molecular complexity index is 444. The fraction of sp³-hybridized carbons (Fsp3) is 0.538. The predicted octanol–water partition coefficient (Wildman–Crippen LogP) is 1.91. The molecule has 0 bridgehead atoms. The van der Waals surface area contributed by atoms with Crippen LogP contribution in [0.25, 0.3) is 0 Å². The molecular formula is C13H19N3O2. The molecule has 1 aromatic rings. The molecule has 1 aliphatic carbocycles. The van der Waals surface area contributed by atoms with Crippen LogP contribution in [0.15, 0.2) is 12.3 Å². The number of methoxy groups -OCH3 is 1. The molecule has 1 unspecified atom stereocenters. The summed E-state index contributed by atoms with van der Waals surface area (Å²) in [4.78, 5) is 15.6. The van der Waals surface area contributed by atoms with E-state index in [9.17, 15) is 4.79 Å². The van der Waals surface area contributed by atoms with Gasteiger partial charge >= 0.3 is 5.97 Å². The highest BCUT2D eigenvalue weighted by Crippen LogP contribution is 2.36. The second-order valence-electron chi connectivity index (χ2n) is 4.84. The maximum Gasteiger partial charge on any atom is 0.340 e. The van der Waals surface area contributed by atoms with Crippen LogP contribution >= 0.6 is 0 Å². The minimum atomic E-state index is -0.437. The number of carbonyl (C=O) groups excluding carboxylic acids is 1. The van der Waals surface area contributed by atoms with Gasteiger partial charge in [-0.25, -0.2) is 9.78 Å². The fourth-order valence-electron chi connectivity index (χ4n) is 1.95. The number of nitrogens with two attached hydrogens (primary N) is 1. The average Bonchev–Trinajstić information content (AvgIpc) is 3.20. The van der Waals surface area contributed by atoms with Gasteiger partial charge in [0, 0.05) is 6.54 Å². The highest BCUT2D eigenvalue weighted by Gasteiger charge is 2.27. The quantitative estimate of drug-likeness (QED) is 0.779. The molecule has 0 saturated heterocycles. The smallest absolute Gasteiger partial charge is 0.340 e. The number of hydrogen-bond acceptors (Lipinski definition) is 5. The van der Waals surface area contributed by atoms with Crippen LogP contribution < -0.4 is 11.1 Å². The van der Waals surface area contributed by atoms with Crippen LogP contribution in [0, 0.1) is 11.8 Å². The Morgan fingerprint density at radius 3 is 3.00 bits per heavy atom. The Kier molecular flexibility index (Phi) is 3.69. The van der Waals surface area contributed by atoms with Crippen LogP contribution in [0.3, 0.4) is 0 Å². The van der Waals surface area contributed by atoms with E-state index in [2.05, 4.69) is 22.0 Å². The molecule has 98 valence electrons. The van der Waals surface area contributed by atoms with E-state index < -0.39 is 5.97 Å². The van der Waals surface area contributed by atoms with Crippen molar-refractivity contribution in [1.82, 2.24) is 4.98 Å². The van der Waals surface area contributed by atoms with E-state index >= 15 is 0 Å². The third kappa shape index (κ3) is 2.91. The maximum atomic E-state index is 11.5. The van der Waals surface area contributed by atoms with Crippen molar-refractivity contribution in [1.29, 1.82) is 0 Å². The van der Waals surface area contributed by atoms with Crippen molar-refractivity contribution in [3.8, 4) is 0 Å². The van der Waals surface area contributed by atoms with E-state index in [1.165, 1.54) is 26.1 Å². The van der Waals surface area contributed by atoms with Crippen molar-refractivity contribution >= 4 is 17.5 Å². The predicted molar refractivity (Wildman–Crippen MR) is 70.4 cm³/mol. The van der Waals surface area contributed by atoms with Gasteiger partial charge in [-0.05, 0) is 30.7 Å². The number of esters is 1. The lowest BCUT2D eigenvalue weighted by atomic mass is 10.1. The summed E-state index contributed by atoms with van der Waals surface area (Å²) in [5.41, 5.74) is 6.38. The number of carbonyl (C=O) groups is 1. The van der Waals surface area contributed by atoms with Crippen LogP contribution in [-0.4, -0.2) is 24.6 Å². The summed E-state index contributed by atoms with van der Waals surface area (Å²) in [5, 5.41) is 3.24. The topological polar surface area (TPSA) is 77.2 Å². The van der Waals surface area contributed by atoms with Gasteiger partial charge in [0.1, 0.15) is 5.82 Å². The van der Waals surface area contributed by atoms with Gasteiger partial charge in [0.2, 0.25) is 0 Å². The number of ether oxygens (including phenoxy) is 1. The molecule has 1 fully saturated rings. The number of rotatable bonds is 5. The molecule has 1 heterocycles. The first-order valence-electron chi connectivity index (χ1n) is 6.19. The van der Waals surface area contributed by atoms with E-state index in [1.54, 1.807) is 6.07 Å². The lowest BCUT2D eigenvalue weighted by molar-refractivity contribution is 0.0602. The van der Waals surface area contributed by atoms with Gasteiger partial charge in [0.15, 0.2) is 0 Å². The first-order chi connectivity index (χ1) is 8.61. The van der Waals surface area contributed by atoms with Gasteiger partial charge in [0.25, 0.3) is 0 Å². The van der Waals surface area contributed by atoms with Crippen LogP contribution in [0.5, 0.6) is 0 Å². The molecule has 5 nitrogen and oxygen atoms in total. The van der Waals surface area contributed by atoms with Crippen molar-refractivity contribution in [3.05, 3.63) is 17.8 Å². The molecular weight excluding hydrogens is 230 g/mol. The molecule has 2 rings (SSSR count). The summed E-state index contributed by atoms with van der Waals surface area (Å²) in [5.74, 6) is 1.70. The normalized spacial score (nSPS) is 16.1. The monoisotopic (exact) mass is 249 g/mol. The number of aromatic nitrogens is 1. The van der Waals surface area contributed by atoms with E-state index in [0.29, 0.717) is 23.0 Å². The standard InChI is InChI=1S/C13H19N3O2/c1-8(9-3-4-9)6-15-12-5-10(13(17)18-2)11(14)7-16-12/h5,7-9H,3-4,6,14H2,1-2H3,(H,15,16). The Morgan fingerprint density at radius 1 is 1.67 bits per heavy atom. The van der Waals surface area contributed by atoms with Crippen molar-refractivity contribution in [2.75, 3.05) is 24.7 Å². The highest BCUT2D eigenvalue weighted by molar-refractivity contribution is 5.95. The molecule has 18 heavy (non-hydrogen) atoms. The van der Waals surface area contributed by atoms with Gasteiger partial charge < -0.3 is 15.8 Å². The van der Waals surface area contributed by atoms with Crippen molar-refractivity contribution in [2.24, 2.45) is 11.8 Å². The molecule has 1 aromatic heterocycles. The second-order valence-corrected chi connectivity index (χ2v) is 4.84. The van der Waals surface area contributed by atoms with Crippen LogP contribution in [0.2, 0.25) is 0 Å². The largest absolute Gasteiger partial charge is 0.465 e. The molecule has 0 aliphatic heterocycles.